The summed E-state index contributed by atoms with van der Waals surface area (Å²) in [7, 11) is 0. The molecule has 2 heterocycles. The molecule has 0 saturated heterocycles. The van der Waals surface area contributed by atoms with E-state index in [1.165, 1.54) is 18.2 Å². The molecule has 4 rings (SSSR count). The van der Waals surface area contributed by atoms with Gasteiger partial charge in [0.05, 0.1) is 28.1 Å². The van der Waals surface area contributed by atoms with Crippen molar-refractivity contribution in [2.24, 2.45) is 4.99 Å². The van der Waals surface area contributed by atoms with Crippen molar-refractivity contribution < 1.29 is 14.4 Å². The highest BCUT2D eigenvalue weighted by Gasteiger charge is 2.25. The van der Waals surface area contributed by atoms with Crippen molar-refractivity contribution in [1.29, 1.82) is 0 Å². The van der Waals surface area contributed by atoms with E-state index >= 15 is 0 Å². The van der Waals surface area contributed by atoms with Gasteiger partial charge in [-0.05, 0) is 24.6 Å². The van der Waals surface area contributed by atoms with Crippen LogP contribution in [0.15, 0.2) is 68.8 Å². The van der Waals surface area contributed by atoms with Crippen LogP contribution in [0.4, 0.5) is 17.1 Å². The average Bonchev–Trinajstić information content (AvgIpc) is 2.87. The molecule has 1 aromatic heterocycles. The molecule has 29 heavy (non-hydrogen) atoms. The molecule has 1 atom stereocenters. The smallest absolute Gasteiger partial charge is 0.348 e. The first kappa shape index (κ1) is 18.4. The SMILES string of the molecule is Cc1cc(O)c(C2=Nc3ccccc3NC(c3ccc([N+](=O)[O-])cc3)C2)c(=O)o1. The van der Waals surface area contributed by atoms with Gasteiger partial charge in [-0.3, -0.25) is 15.1 Å². The summed E-state index contributed by atoms with van der Waals surface area (Å²) in [5.74, 6) is 0.107. The van der Waals surface area contributed by atoms with E-state index in [-0.39, 0.29) is 29.5 Å². The Morgan fingerprint density at radius 3 is 2.62 bits per heavy atom. The molecule has 146 valence electrons. The molecule has 0 spiro atoms. The van der Waals surface area contributed by atoms with Crippen LogP contribution in [0.5, 0.6) is 5.75 Å². The maximum absolute atomic E-state index is 12.4. The lowest BCUT2D eigenvalue weighted by Crippen LogP contribution is -2.20. The number of hydrogen-bond donors (Lipinski definition) is 2. The second-order valence-corrected chi connectivity index (χ2v) is 6.73. The van der Waals surface area contributed by atoms with Gasteiger partial charge in [-0.1, -0.05) is 24.3 Å². The summed E-state index contributed by atoms with van der Waals surface area (Å²) in [4.78, 5) is 27.5. The van der Waals surface area contributed by atoms with E-state index in [9.17, 15) is 20.0 Å². The number of hydrogen-bond acceptors (Lipinski definition) is 7. The van der Waals surface area contributed by atoms with E-state index in [2.05, 4.69) is 10.3 Å². The van der Waals surface area contributed by atoms with Gasteiger partial charge < -0.3 is 14.8 Å². The summed E-state index contributed by atoms with van der Waals surface area (Å²) in [6.45, 7) is 1.58. The van der Waals surface area contributed by atoms with Crippen molar-refractivity contribution in [3.8, 4) is 5.75 Å². The summed E-state index contributed by atoms with van der Waals surface area (Å²) in [5.41, 5.74) is 1.87. The molecule has 2 aromatic carbocycles. The van der Waals surface area contributed by atoms with Crippen LogP contribution in [0.1, 0.15) is 29.3 Å². The van der Waals surface area contributed by atoms with Gasteiger partial charge in [0.25, 0.3) is 5.69 Å². The van der Waals surface area contributed by atoms with Crippen molar-refractivity contribution in [2.45, 2.75) is 19.4 Å². The van der Waals surface area contributed by atoms with Crippen LogP contribution in [0, 0.1) is 17.0 Å². The molecular weight excluding hydrogens is 374 g/mol. The van der Waals surface area contributed by atoms with Crippen LogP contribution in [0.25, 0.3) is 0 Å². The van der Waals surface area contributed by atoms with E-state index in [0.717, 1.165) is 11.3 Å². The number of para-hydroxylation sites is 2. The zero-order chi connectivity index (χ0) is 20.5. The molecule has 8 nitrogen and oxygen atoms in total. The third kappa shape index (κ3) is 3.60. The zero-order valence-corrected chi connectivity index (χ0v) is 15.5. The number of nitrogens with one attached hydrogen (secondary N) is 1. The number of nitrogens with zero attached hydrogens (tertiary/aromatic N) is 2. The standard InChI is InChI=1S/C21H17N3O5/c1-12-10-19(25)20(21(26)29-12)18-11-17(13-6-8-14(9-7-13)24(27)28)22-15-4-2-3-5-16(15)23-18/h2-10,17,22,25H,11H2,1H3. The second kappa shape index (κ2) is 7.23. The Kier molecular flexibility index (Phi) is 4.59. The van der Waals surface area contributed by atoms with E-state index in [1.807, 2.05) is 18.2 Å². The van der Waals surface area contributed by atoms with Crippen molar-refractivity contribution in [3.63, 3.8) is 0 Å². The molecule has 0 fully saturated rings. The monoisotopic (exact) mass is 391 g/mol. The van der Waals surface area contributed by atoms with E-state index in [1.54, 1.807) is 25.1 Å². The fraction of sp³-hybridized carbons (Fsp3) is 0.143. The molecule has 0 aliphatic carbocycles. The number of benzene rings is 2. The van der Waals surface area contributed by atoms with E-state index in [4.69, 9.17) is 4.42 Å². The number of rotatable bonds is 3. The Balaban J connectivity index is 1.82. The second-order valence-electron chi connectivity index (χ2n) is 6.73. The molecule has 1 unspecified atom stereocenters. The van der Waals surface area contributed by atoms with Crippen LogP contribution in [0.2, 0.25) is 0 Å². The number of nitro benzene ring substituents is 1. The van der Waals surface area contributed by atoms with Crippen LogP contribution in [-0.4, -0.2) is 15.7 Å². The summed E-state index contributed by atoms with van der Waals surface area (Å²) >= 11 is 0. The van der Waals surface area contributed by atoms with E-state index < -0.39 is 10.5 Å². The lowest BCUT2D eigenvalue weighted by atomic mass is 9.97. The minimum absolute atomic E-state index is 0.00603. The molecule has 0 amide bonds. The highest BCUT2D eigenvalue weighted by Crippen LogP contribution is 2.36. The zero-order valence-electron chi connectivity index (χ0n) is 15.5. The molecule has 0 bridgehead atoms. The van der Waals surface area contributed by atoms with Gasteiger partial charge in [-0.15, -0.1) is 0 Å². The number of aromatic hydroxyl groups is 1. The first-order chi connectivity index (χ1) is 13.9. The number of aryl methyl sites for hydroxylation is 1. The van der Waals surface area contributed by atoms with Gasteiger partial charge in [0.2, 0.25) is 0 Å². The van der Waals surface area contributed by atoms with Gasteiger partial charge in [-0.25, -0.2) is 4.79 Å². The molecule has 1 aliphatic rings. The number of anilines is 1. The minimum atomic E-state index is -0.664. The van der Waals surface area contributed by atoms with Crippen LogP contribution in [-0.2, 0) is 0 Å². The highest BCUT2D eigenvalue weighted by molar-refractivity contribution is 6.05. The quantitative estimate of drug-likeness (QED) is 0.509. The molecule has 3 aromatic rings. The van der Waals surface area contributed by atoms with Gasteiger partial charge in [0.15, 0.2) is 0 Å². The fourth-order valence-corrected chi connectivity index (χ4v) is 3.37. The molecular formula is C21H17N3O5. The van der Waals surface area contributed by atoms with Crippen LogP contribution in [0.3, 0.4) is 0 Å². The van der Waals surface area contributed by atoms with Gasteiger partial charge in [0, 0.05) is 24.6 Å². The Bertz CT molecular complexity index is 1180. The predicted molar refractivity (Wildman–Crippen MR) is 108 cm³/mol. The first-order valence-electron chi connectivity index (χ1n) is 8.94. The Hall–Kier alpha value is -3.94. The Labute approximate surface area is 165 Å². The maximum atomic E-state index is 12.4. The van der Waals surface area contributed by atoms with Crippen molar-refractivity contribution >= 4 is 22.8 Å². The molecule has 0 radical (unpaired) electrons. The third-order valence-electron chi connectivity index (χ3n) is 4.74. The van der Waals surface area contributed by atoms with Crippen molar-refractivity contribution in [2.75, 3.05) is 5.32 Å². The maximum Gasteiger partial charge on any atom is 0.348 e. The predicted octanol–water partition coefficient (Wildman–Crippen LogP) is 4.24. The van der Waals surface area contributed by atoms with Crippen LogP contribution < -0.4 is 10.9 Å². The first-order valence-corrected chi connectivity index (χ1v) is 8.94. The van der Waals surface area contributed by atoms with Crippen LogP contribution >= 0.6 is 0 Å². The average molecular weight is 391 g/mol. The third-order valence-corrected chi connectivity index (χ3v) is 4.74. The summed E-state index contributed by atoms with van der Waals surface area (Å²) in [6, 6.07) is 14.6. The minimum Gasteiger partial charge on any atom is -0.507 e. The molecule has 8 heteroatoms. The van der Waals surface area contributed by atoms with Crippen molar-refractivity contribution in [1.82, 2.24) is 0 Å². The number of aliphatic imine (C=N–C) groups is 1. The van der Waals surface area contributed by atoms with Gasteiger partial charge in [-0.2, -0.15) is 0 Å². The largest absolute Gasteiger partial charge is 0.507 e. The van der Waals surface area contributed by atoms with Crippen molar-refractivity contribution in [3.05, 3.63) is 92.0 Å². The number of fused-ring (bicyclic) bond motifs is 1. The lowest BCUT2D eigenvalue weighted by molar-refractivity contribution is -0.384. The lowest BCUT2D eigenvalue weighted by Gasteiger charge is -2.19. The molecule has 0 saturated carbocycles. The highest BCUT2D eigenvalue weighted by atomic mass is 16.6. The fourth-order valence-electron chi connectivity index (χ4n) is 3.37. The summed E-state index contributed by atoms with van der Waals surface area (Å²) < 4.78 is 5.16. The van der Waals surface area contributed by atoms with Gasteiger partial charge in [0.1, 0.15) is 17.1 Å². The normalized spacial score (nSPS) is 15.6. The van der Waals surface area contributed by atoms with E-state index in [0.29, 0.717) is 17.2 Å². The summed E-state index contributed by atoms with van der Waals surface area (Å²) in [5, 5.41) is 24.7. The Morgan fingerprint density at radius 2 is 1.93 bits per heavy atom. The Morgan fingerprint density at radius 1 is 1.21 bits per heavy atom. The summed E-state index contributed by atoms with van der Waals surface area (Å²) in [6.07, 6.45) is 0.272. The molecule has 1 aliphatic heterocycles. The number of non-ortho nitro benzene ring substituents is 1. The molecule has 2 N–H and O–H groups in total. The topological polar surface area (TPSA) is 118 Å². The van der Waals surface area contributed by atoms with Gasteiger partial charge >= 0.3 is 5.63 Å². The number of nitro groups is 1.